The first-order valence-electron chi connectivity index (χ1n) is 7.12. The molecule has 100 valence electrons. The summed E-state index contributed by atoms with van der Waals surface area (Å²) in [7, 11) is 2.17. The van der Waals surface area contributed by atoms with Gasteiger partial charge in [0, 0.05) is 25.8 Å². The van der Waals surface area contributed by atoms with Gasteiger partial charge in [0.2, 0.25) is 0 Å². The van der Waals surface area contributed by atoms with Gasteiger partial charge in [-0.05, 0) is 43.2 Å². The molecule has 0 atom stereocenters. The maximum absolute atomic E-state index is 5.60. The van der Waals surface area contributed by atoms with E-state index < -0.39 is 0 Å². The van der Waals surface area contributed by atoms with Crippen LogP contribution in [-0.4, -0.2) is 18.1 Å². The Kier molecular flexibility index (Phi) is 4.59. The molecule has 0 spiro atoms. The highest BCUT2D eigenvalue weighted by molar-refractivity contribution is 5.39. The molecular formula is C15H25N3. The maximum Gasteiger partial charge on any atom is 0.128 e. The van der Waals surface area contributed by atoms with Gasteiger partial charge in [0.1, 0.15) is 5.82 Å². The molecule has 0 radical (unpaired) electrons. The molecule has 2 N–H and O–H groups in total. The normalized spacial score (nSPS) is 23.9. The van der Waals surface area contributed by atoms with Crippen molar-refractivity contribution in [3.8, 4) is 0 Å². The number of hydrogen-bond donors (Lipinski definition) is 1. The molecule has 0 aromatic carbocycles. The minimum Gasteiger partial charge on any atom is -0.357 e. The molecule has 3 heteroatoms. The monoisotopic (exact) mass is 247 g/mol. The standard InChI is InChI=1S/C15H25N3/c1-3-12-4-7-14(8-5-12)18(2)15-9-6-13(10-16)11-17-15/h6,9,11-12,14H,3-5,7-8,10,16H2,1-2H3. The Morgan fingerprint density at radius 2 is 2.00 bits per heavy atom. The van der Waals surface area contributed by atoms with Crippen LogP contribution in [0.25, 0.3) is 0 Å². The van der Waals surface area contributed by atoms with E-state index in [1.165, 1.54) is 32.1 Å². The molecule has 1 fully saturated rings. The van der Waals surface area contributed by atoms with Crippen molar-refractivity contribution in [3.63, 3.8) is 0 Å². The summed E-state index contributed by atoms with van der Waals surface area (Å²) < 4.78 is 0. The Bertz CT molecular complexity index is 353. The lowest BCUT2D eigenvalue weighted by atomic mass is 9.84. The zero-order valence-corrected chi connectivity index (χ0v) is 11.6. The van der Waals surface area contributed by atoms with Gasteiger partial charge in [-0.1, -0.05) is 19.4 Å². The van der Waals surface area contributed by atoms with Gasteiger partial charge >= 0.3 is 0 Å². The van der Waals surface area contributed by atoms with Crippen LogP contribution < -0.4 is 10.6 Å². The van der Waals surface area contributed by atoms with E-state index in [1.807, 2.05) is 6.20 Å². The van der Waals surface area contributed by atoms with Crippen LogP contribution in [0, 0.1) is 5.92 Å². The van der Waals surface area contributed by atoms with Crippen LogP contribution >= 0.6 is 0 Å². The summed E-state index contributed by atoms with van der Waals surface area (Å²) in [6.07, 6.45) is 8.56. The fourth-order valence-corrected chi connectivity index (χ4v) is 2.87. The molecule has 1 aromatic rings. The van der Waals surface area contributed by atoms with E-state index in [0.717, 1.165) is 17.3 Å². The van der Waals surface area contributed by atoms with Crippen LogP contribution in [0.15, 0.2) is 18.3 Å². The summed E-state index contributed by atoms with van der Waals surface area (Å²) >= 11 is 0. The van der Waals surface area contributed by atoms with Crippen molar-refractivity contribution < 1.29 is 0 Å². The van der Waals surface area contributed by atoms with Crippen LogP contribution in [0.3, 0.4) is 0 Å². The van der Waals surface area contributed by atoms with Crippen molar-refractivity contribution in [2.24, 2.45) is 11.7 Å². The number of pyridine rings is 1. The minimum absolute atomic E-state index is 0.568. The van der Waals surface area contributed by atoms with Crippen LogP contribution in [-0.2, 0) is 6.54 Å². The van der Waals surface area contributed by atoms with E-state index in [4.69, 9.17) is 5.73 Å². The minimum atomic E-state index is 0.568. The van der Waals surface area contributed by atoms with Crippen molar-refractivity contribution in [1.82, 2.24) is 4.98 Å². The third-order valence-electron chi connectivity index (χ3n) is 4.35. The highest BCUT2D eigenvalue weighted by atomic mass is 15.2. The Balaban J connectivity index is 1.96. The SMILES string of the molecule is CCC1CCC(N(C)c2ccc(CN)cn2)CC1. The first kappa shape index (κ1) is 13.3. The molecule has 2 rings (SSSR count). The summed E-state index contributed by atoms with van der Waals surface area (Å²) in [5.41, 5.74) is 6.69. The van der Waals surface area contributed by atoms with Gasteiger partial charge in [-0.2, -0.15) is 0 Å². The van der Waals surface area contributed by atoms with Gasteiger partial charge in [-0.15, -0.1) is 0 Å². The highest BCUT2D eigenvalue weighted by Crippen LogP contribution is 2.30. The molecule has 1 aliphatic carbocycles. The van der Waals surface area contributed by atoms with Crippen molar-refractivity contribution in [1.29, 1.82) is 0 Å². The lowest BCUT2D eigenvalue weighted by Crippen LogP contribution is -2.35. The predicted molar refractivity (Wildman–Crippen MR) is 76.6 cm³/mol. The average Bonchev–Trinajstić information content (AvgIpc) is 2.47. The Labute approximate surface area is 110 Å². The van der Waals surface area contributed by atoms with Crippen molar-refractivity contribution in [2.45, 2.75) is 51.6 Å². The van der Waals surface area contributed by atoms with Crippen molar-refractivity contribution in [2.75, 3.05) is 11.9 Å². The Morgan fingerprint density at radius 1 is 1.28 bits per heavy atom. The molecule has 1 aromatic heterocycles. The van der Waals surface area contributed by atoms with Gasteiger partial charge in [0.25, 0.3) is 0 Å². The van der Waals surface area contributed by atoms with Gasteiger partial charge in [0.05, 0.1) is 0 Å². The van der Waals surface area contributed by atoms with E-state index in [1.54, 1.807) is 0 Å². The molecule has 1 aliphatic rings. The van der Waals surface area contributed by atoms with Crippen LogP contribution in [0.1, 0.15) is 44.6 Å². The van der Waals surface area contributed by atoms with Gasteiger partial charge in [-0.25, -0.2) is 4.98 Å². The number of rotatable bonds is 4. The Hall–Kier alpha value is -1.09. The lowest BCUT2D eigenvalue weighted by Gasteiger charge is -2.35. The molecule has 1 saturated carbocycles. The number of nitrogens with two attached hydrogens (primary N) is 1. The molecule has 3 nitrogen and oxygen atoms in total. The van der Waals surface area contributed by atoms with Crippen LogP contribution in [0.5, 0.6) is 0 Å². The van der Waals surface area contributed by atoms with E-state index in [2.05, 4.69) is 36.0 Å². The highest BCUT2D eigenvalue weighted by Gasteiger charge is 2.23. The number of hydrogen-bond acceptors (Lipinski definition) is 3. The topological polar surface area (TPSA) is 42.1 Å². The summed E-state index contributed by atoms with van der Waals surface area (Å²) in [6.45, 7) is 2.88. The quantitative estimate of drug-likeness (QED) is 0.889. The lowest BCUT2D eigenvalue weighted by molar-refractivity contribution is 0.313. The number of nitrogens with zero attached hydrogens (tertiary/aromatic N) is 2. The molecule has 0 bridgehead atoms. The molecule has 0 aliphatic heterocycles. The predicted octanol–water partition coefficient (Wildman–Crippen LogP) is 2.95. The molecular weight excluding hydrogens is 222 g/mol. The first-order valence-corrected chi connectivity index (χ1v) is 7.12. The van der Waals surface area contributed by atoms with E-state index in [0.29, 0.717) is 12.6 Å². The zero-order chi connectivity index (χ0) is 13.0. The summed E-state index contributed by atoms with van der Waals surface area (Å²) in [4.78, 5) is 6.85. The summed E-state index contributed by atoms with van der Waals surface area (Å²) in [5, 5.41) is 0. The van der Waals surface area contributed by atoms with Gasteiger partial charge in [-0.3, -0.25) is 0 Å². The second-order valence-electron chi connectivity index (χ2n) is 5.42. The molecule has 18 heavy (non-hydrogen) atoms. The van der Waals surface area contributed by atoms with E-state index in [9.17, 15) is 0 Å². The largest absolute Gasteiger partial charge is 0.357 e. The van der Waals surface area contributed by atoms with Gasteiger partial charge in [0.15, 0.2) is 0 Å². The third kappa shape index (κ3) is 3.02. The zero-order valence-electron chi connectivity index (χ0n) is 11.6. The molecule has 0 amide bonds. The second-order valence-corrected chi connectivity index (χ2v) is 5.42. The van der Waals surface area contributed by atoms with Crippen molar-refractivity contribution >= 4 is 5.82 Å². The first-order chi connectivity index (χ1) is 8.74. The fourth-order valence-electron chi connectivity index (χ4n) is 2.87. The van der Waals surface area contributed by atoms with Crippen LogP contribution in [0.4, 0.5) is 5.82 Å². The smallest absolute Gasteiger partial charge is 0.128 e. The van der Waals surface area contributed by atoms with Gasteiger partial charge < -0.3 is 10.6 Å². The van der Waals surface area contributed by atoms with Crippen molar-refractivity contribution in [3.05, 3.63) is 23.9 Å². The number of aromatic nitrogens is 1. The molecule has 0 saturated heterocycles. The van der Waals surface area contributed by atoms with Crippen LogP contribution in [0.2, 0.25) is 0 Å². The fraction of sp³-hybridized carbons (Fsp3) is 0.667. The molecule has 1 heterocycles. The van der Waals surface area contributed by atoms with E-state index in [-0.39, 0.29) is 0 Å². The Morgan fingerprint density at radius 3 is 2.50 bits per heavy atom. The molecule has 0 unspecified atom stereocenters. The summed E-state index contributed by atoms with van der Waals surface area (Å²) in [5.74, 6) is 2.02. The average molecular weight is 247 g/mol. The second kappa shape index (κ2) is 6.19. The third-order valence-corrected chi connectivity index (χ3v) is 4.35. The van der Waals surface area contributed by atoms with E-state index >= 15 is 0 Å². The summed E-state index contributed by atoms with van der Waals surface area (Å²) in [6, 6.07) is 4.83. The maximum atomic E-state index is 5.60. The number of anilines is 1.